The van der Waals surface area contributed by atoms with Gasteiger partial charge < -0.3 is 58.8 Å². The fourth-order valence-corrected chi connectivity index (χ4v) is 11.1. The Morgan fingerprint density at radius 1 is 0.510 bits per heavy atom. The van der Waals surface area contributed by atoms with Gasteiger partial charge in [-0.15, -0.1) is 0 Å². The number of methoxy groups -OCH3 is 2. The lowest BCUT2D eigenvalue weighted by Gasteiger charge is -2.16. The van der Waals surface area contributed by atoms with E-state index >= 15 is 0 Å². The molecule has 0 fully saturated rings. The van der Waals surface area contributed by atoms with Crippen molar-refractivity contribution in [3.63, 3.8) is 0 Å². The molecule has 9 heterocycles. The number of nitrogens with two attached hydrogens (primary N) is 1. The van der Waals surface area contributed by atoms with E-state index in [0.29, 0.717) is 118 Å². The number of H-pyrrole nitrogens is 2. The summed E-state index contributed by atoms with van der Waals surface area (Å²) in [7, 11) is 2.71. The average molecular weight is 1410 g/mol. The molecular formula is C75H83ClN12O14. The third-order valence-electron chi connectivity index (χ3n) is 15.9. The molecule has 0 saturated heterocycles. The normalized spacial score (nSPS) is 13.2. The van der Waals surface area contributed by atoms with Crippen LogP contribution in [0.5, 0.6) is 23.0 Å². The number of pyridine rings is 4. The summed E-state index contributed by atoms with van der Waals surface area (Å²) in [6, 6.07) is 28.4. The Kier molecular flexibility index (Phi) is 28.6. The van der Waals surface area contributed by atoms with E-state index in [9.17, 15) is 19.2 Å². The molecule has 3 aliphatic rings. The molecule has 6 N–H and O–H groups in total. The Labute approximate surface area is 594 Å². The molecule has 0 unspecified atom stereocenters. The number of nitrogens with one attached hydrogen (secondary N) is 3. The van der Waals surface area contributed by atoms with E-state index < -0.39 is 11.9 Å². The summed E-state index contributed by atoms with van der Waals surface area (Å²) in [5, 5.41) is 28.9. The van der Waals surface area contributed by atoms with Gasteiger partial charge in [0.1, 0.15) is 52.5 Å². The zero-order valence-electron chi connectivity index (χ0n) is 57.8. The minimum absolute atomic E-state index is 0.120. The van der Waals surface area contributed by atoms with E-state index in [4.69, 9.17) is 70.3 Å². The number of rotatable bonds is 22. The van der Waals surface area contributed by atoms with Crippen molar-refractivity contribution in [3.8, 4) is 23.0 Å². The highest BCUT2D eigenvalue weighted by Crippen LogP contribution is 2.35. The zero-order valence-corrected chi connectivity index (χ0v) is 58.6. The van der Waals surface area contributed by atoms with E-state index in [2.05, 4.69) is 56.5 Å². The molecule has 6 aromatic heterocycles. The predicted octanol–water partition coefficient (Wildman–Crippen LogP) is 12.0. The van der Waals surface area contributed by atoms with Crippen molar-refractivity contribution in [3.05, 3.63) is 184 Å². The SMILES string of the molecule is CCOc1cc(C2=CCOCC2)nc2cc(C(=O)NCCCc3ncn[nH]3)ccc12.CCOc1cc(C2=CCOCC2)nc2cc(C(=O)O)ccc12.CCOc1cc(C2=CCOCC2)nc2cc(C(=O)OC)ccc12.CCOc1cc(Cl)nc2cc(C(=O)OC)ccc12.NCCCc1ncn[nH]1. The number of aromatic nitrogens is 10. The maximum Gasteiger partial charge on any atom is 0.337 e. The quantitative estimate of drug-likeness (QED) is 0.0239. The van der Waals surface area contributed by atoms with Gasteiger partial charge in [-0.1, -0.05) is 29.8 Å². The molecular weight excluding hydrogens is 1330 g/mol. The Balaban J connectivity index is 0.000000154. The van der Waals surface area contributed by atoms with E-state index in [1.165, 1.54) is 26.9 Å². The van der Waals surface area contributed by atoms with E-state index in [-0.39, 0.29) is 17.4 Å². The first-order valence-electron chi connectivity index (χ1n) is 33.6. The van der Waals surface area contributed by atoms with Crippen LogP contribution in [0.4, 0.5) is 0 Å². The average Bonchev–Trinajstić information content (AvgIpc) is 1.78. The highest BCUT2D eigenvalue weighted by Gasteiger charge is 2.20. The van der Waals surface area contributed by atoms with Crippen LogP contribution < -0.4 is 30.0 Å². The number of carboxylic acids is 1. The molecule has 0 atom stereocenters. The molecule has 0 bridgehead atoms. The minimum atomic E-state index is -0.961. The molecule has 102 heavy (non-hydrogen) atoms. The minimum Gasteiger partial charge on any atom is -0.493 e. The van der Waals surface area contributed by atoms with Crippen LogP contribution in [0.1, 0.15) is 130 Å². The molecule has 10 aromatic rings. The van der Waals surface area contributed by atoms with Crippen molar-refractivity contribution < 1.29 is 66.9 Å². The smallest absolute Gasteiger partial charge is 0.337 e. The van der Waals surface area contributed by atoms with Gasteiger partial charge >= 0.3 is 17.9 Å². The number of ether oxygens (including phenoxy) is 9. The van der Waals surface area contributed by atoms with Crippen LogP contribution in [0.15, 0.2) is 128 Å². The lowest BCUT2D eigenvalue weighted by Crippen LogP contribution is -2.24. The van der Waals surface area contributed by atoms with Crippen molar-refractivity contribution in [2.75, 3.05) is 93.4 Å². The summed E-state index contributed by atoms with van der Waals surface area (Å²) in [5.74, 6) is 2.82. The number of hydrogen-bond acceptors (Lipinski definition) is 22. The van der Waals surface area contributed by atoms with E-state index in [0.717, 1.165) is 140 Å². The first kappa shape index (κ1) is 75.4. The number of halogens is 1. The molecule has 0 saturated carbocycles. The van der Waals surface area contributed by atoms with Crippen LogP contribution >= 0.6 is 11.6 Å². The lowest BCUT2D eigenvalue weighted by atomic mass is 10.0. The van der Waals surface area contributed by atoms with Gasteiger partial charge in [-0.3, -0.25) is 15.0 Å². The second kappa shape index (κ2) is 38.7. The van der Waals surface area contributed by atoms with Gasteiger partial charge in [0.25, 0.3) is 5.91 Å². The monoisotopic (exact) mass is 1410 g/mol. The number of carbonyl (C=O) groups is 4. The van der Waals surface area contributed by atoms with E-state index in [1.54, 1.807) is 54.6 Å². The van der Waals surface area contributed by atoms with Gasteiger partial charge in [-0.05, 0) is 156 Å². The highest BCUT2D eigenvalue weighted by atomic mass is 35.5. The Morgan fingerprint density at radius 2 is 0.882 bits per heavy atom. The summed E-state index contributed by atoms with van der Waals surface area (Å²) < 4.78 is 48.3. The Hall–Kier alpha value is -10.8. The number of amides is 1. The number of carbonyl (C=O) groups excluding carboxylic acids is 3. The third-order valence-corrected chi connectivity index (χ3v) is 16.1. The number of carboxylic acid groups (broad SMARTS) is 1. The lowest BCUT2D eigenvalue weighted by molar-refractivity contribution is 0.0592. The number of aromatic carboxylic acids is 1. The summed E-state index contributed by atoms with van der Waals surface area (Å²) >= 11 is 5.92. The van der Waals surface area contributed by atoms with Gasteiger partial charge in [-0.2, -0.15) is 10.2 Å². The summed E-state index contributed by atoms with van der Waals surface area (Å²) in [6.07, 6.45) is 14.9. The summed E-state index contributed by atoms with van der Waals surface area (Å²) in [4.78, 5) is 73.3. The standard InChI is InChI=1S/C22H25N5O3.C18H19NO4.C17H17NO4.C13H12ClNO3.C5H10N4/c1-2-30-20-13-18(15-7-10-29-11-8-15)26-19-12-16(5-6-17(19)20)22(28)23-9-3-4-21-24-14-25-27-21;1-3-23-17-11-15(12-6-8-22-9-7-12)19-16-10-13(18(20)21-2)4-5-14(16)17;1-2-22-16-10-14(11-5-7-21-8-6-11)18-15-9-12(17(19)20)3-4-13(15)16;1-3-18-11-7-12(14)15-10-6-8(13(16)17-2)4-5-9(10)11;6-3-1-2-5-7-4-8-9-5/h5-7,12-14H,2-4,8-11H2,1H3,(H,23,28)(H,24,25,27);4-6,10-11H,3,7-9H2,1-2H3;3-5,9-10H,2,6-8H2,1H3,(H,19,20);4-7H,3H2,1-2H3;4H,1-3,6H2,(H,7,8,9). The maximum atomic E-state index is 12.6. The number of hydrogen-bond donors (Lipinski definition) is 5. The number of nitrogens with zero attached hydrogens (tertiary/aromatic N) is 8. The molecule has 27 heteroatoms. The molecule has 1 amide bonds. The first-order chi connectivity index (χ1) is 49.7. The van der Waals surface area contributed by atoms with Gasteiger partial charge in [-0.25, -0.2) is 44.3 Å². The first-order valence-corrected chi connectivity index (χ1v) is 34.0. The zero-order chi connectivity index (χ0) is 72.2. The van der Waals surface area contributed by atoms with Crippen molar-refractivity contribution in [2.45, 2.75) is 72.6 Å². The van der Waals surface area contributed by atoms with Gasteiger partial charge in [0.05, 0.1) is 136 Å². The van der Waals surface area contributed by atoms with Gasteiger partial charge in [0.2, 0.25) is 0 Å². The molecule has 0 radical (unpaired) electrons. The number of fused-ring (bicyclic) bond motifs is 4. The number of esters is 2. The third kappa shape index (κ3) is 20.9. The molecule has 0 aliphatic carbocycles. The number of aryl methyl sites for hydroxylation is 2. The summed E-state index contributed by atoms with van der Waals surface area (Å²) in [5.41, 5.74) is 15.7. The summed E-state index contributed by atoms with van der Waals surface area (Å²) in [6.45, 7) is 15.0. The van der Waals surface area contributed by atoms with Gasteiger partial charge in [0.15, 0.2) is 0 Å². The van der Waals surface area contributed by atoms with Crippen LogP contribution in [0.25, 0.3) is 60.3 Å². The Bertz CT molecular complexity index is 4590. The van der Waals surface area contributed by atoms with Crippen LogP contribution in [0, 0.1) is 0 Å². The molecule has 0 spiro atoms. The predicted molar refractivity (Wildman–Crippen MR) is 387 cm³/mol. The molecule has 3 aliphatic heterocycles. The maximum absolute atomic E-state index is 12.6. The van der Waals surface area contributed by atoms with E-state index in [1.807, 2.05) is 82.3 Å². The van der Waals surface area contributed by atoms with Crippen LogP contribution in [0.3, 0.4) is 0 Å². The highest BCUT2D eigenvalue weighted by molar-refractivity contribution is 6.30. The van der Waals surface area contributed by atoms with Crippen LogP contribution in [0.2, 0.25) is 5.15 Å². The fourth-order valence-electron chi connectivity index (χ4n) is 10.9. The molecule has 26 nitrogen and oxygen atoms in total. The number of aromatic amines is 2. The van der Waals surface area contributed by atoms with Gasteiger partial charge in [0, 0.05) is 70.8 Å². The topological polar surface area (TPSA) is 344 Å². The molecule has 13 rings (SSSR count). The Morgan fingerprint density at radius 3 is 1.25 bits per heavy atom. The van der Waals surface area contributed by atoms with Crippen molar-refractivity contribution in [2.24, 2.45) is 5.73 Å². The van der Waals surface area contributed by atoms with Crippen LogP contribution in [-0.4, -0.2) is 173 Å². The number of benzene rings is 4. The van der Waals surface area contributed by atoms with Crippen molar-refractivity contribution in [1.29, 1.82) is 0 Å². The fraction of sp³-hybridized carbons (Fsp3) is 0.333. The largest absolute Gasteiger partial charge is 0.493 e. The second-order valence-corrected chi connectivity index (χ2v) is 23.1. The molecule has 4 aromatic carbocycles. The van der Waals surface area contributed by atoms with Crippen LogP contribution in [-0.2, 0) is 36.5 Å². The second-order valence-electron chi connectivity index (χ2n) is 22.7. The van der Waals surface area contributed by atoms with Crippen molar-refractivity contribution in [1.82, 2.24) is 55.6 Å². The van der Waals surface area contributed by atoms with Crippen molar-refractivity contribution >= 4 is 95.7 Å². The molecule has 534 valence electrons.